The molecule has 1 aromatic carbocycles. The number of rotatable bonds is 3. The van der Waals surface area contributed by atoms with E-state index in [4.69, 9.17) is 0 Å². The van der Waals surface area contributed by atoms with Crippen LogP contribution in [0.5, 0.6) is 0 Å². The smallest absolute Gasteiger partial charge is 0.254 e. The highest BCUT2D eigenvalue weighted by atomic mass is 19.1. The fourth-order valence-corrected chi connectivity index (χ4v) is 4.83. The molecule has 2 aliphatic heterocycles. The minimum Gasteiger partial charge on any atom is -0.337 e. The number of hydrogen-bond acceptors (Lipinski definition) is 5. The summed E-state index contributed by atoms with van der Waals surface area (Å²) in [6.07, 6.45) is 0.922. The average Bonchev–Trinajstić information content (AvgIpc) is 2.73. The standard InChI is InChI=1S/C25H26FN5O/c1-15-5-4-6-22(27-15)20-8-7-19(26)12-21(20)24(32)30-10-9-18-13-31(23(18)14-30)25-28-16(2)11-17(3)29-25/h4-8,11-12,18,23H,9-10,13-14H2,1-3H3/t18-,23-/m0/s1. The van der Waals surface area contributed by atoms with Gasteiger partial charge in [0.2, 0.25) is 5.95 Å². The van der Waals surface area contributed by atoms with Gasteiger partial charge in [0.05, 0.1) is 17.3 Å². The number of fused-ring (bicyclic) bond motifs is 1. The Hall–Kier alpha value is -3.35. The highest BCUT2D eigenvalue weighted by molar-refractivity contribution is 6.00. The largest absolute Gasteiger partial charge is 0.337 e. The number of anilines is 1. The molecule has 6 nitrogen and oxygen atoms in total. The molecule has 32 heavy (non-hydrogen) atoms. The molecule has 3 aromatic rings. The van der Waals surface area contributed by atoms with E-state index < -0.39 is 5.82 Å². The van der Waals surface area contributed by atoms with Gasteiger partial charge >= 0.3 is 0 Å². The van der Waals surface area contributed by atoms with E-state index in [1.54, 1.807) is 6.07 Å². The number of halogens is 1. The maximum Gasteiger partial charge on any atom is 0.254 e. The van der Waals surface area contributed by atoms with Crippen LogP contribution in [0.15, 0.2) is 42.5 Å². The second-order valence-corrected chi connectivity index (χ2v) is 8.82. The predicted octanol–water partition coefficient (Wildman–Crippen LogP) is 3.95. The minimum atomic E-state index is -0.423. The summed E-state index contributed by atoms with van der Waals surface area (Å²) < 4.78 is 14.2. The van der Waals surface area contributed by atoms with Crippen LogP contribution in [-0.2, 0) is 0 Å². The lowest BCUT2D eigenvalue weighted by molar-refractivity contribution is 0.0589. The molecule has 4 heterocycles. The van der Waals surface area contributed by atoms with Crippen molar-refractivity contribution in [1.29, 1.82) is 0 Å². The second kappa shape index (κ2) is 7.97. The van der Waals surface area contributed by atoms with Crippen molar-refractivity contribution >= 4 is 11.9 Å². The van der Waals surface area contributed by atoms with Crippen LogP contribution < -0.4 is 4.90 Å². The summed E-state index contributed by atoms with van der Waals surface area (Å²) in [7, 11) is 0. The Morgan fingerprint density at radius 1 is 0.969 bits per heavy atom. The van der Waals surface area contributed by atoms with Crippen molar-refractivity contribution in [3.05, 3.63) is 70.9 Å². The van der Waals surface area contributed by atoms with Crippen LogP contribution in [0.4, 0.5) is 10.3 Å². The molecule has 0 N–H and O–H groups in total. The molecule has 2 aliphatic rings. The number of pyridine rings is 1. The van der Waals surface area contributed by atoms with E-state index in [-0.39, 0.29) is 11.9 Å². The van der Waals surface area contributed by atoms with E-state index in [1.165, 1.54) is 12.1 Å². The third kappa shape index (κ3) is 3.72. The van der Waals surface area contributed by atoms with Crippen molar-refractivity contribution in [2.75, 3.05) is 24.5 Å². The summed E-state index contributed by atoms with van der Waals surface area (Å²) >= 11 is 0. The maximum atomic E-state index is 14.2. The van der Waals surface area contributed by atoms with Gasteiger partial charge in [-0.05, 0) is 63.6 Å². The second-order valence-electron chi connectivity index (χ2n) is 8.82. The zero-order valence-electron chi connectivity index (χ0n) is 18.5. The van der Waals surface area contributed by atoms with Gasteiger partial charge in [0.25, 0.3) is 5.91 Å². The van der Waals surface area contributed by atoms with Crippen LogP contribution in [0.1, 0.15) is 33.9 Å². The predicted molar refractivity (Wildman–Crippen MR) is 121 cm³/mol. The highest BCUT2D eigenvalue weighted by Gasteiger charge is 2.45. The summed E-state index contributed by atoms with van der Waals surface area (Å²) in [6, 6.07) is 12.2. The van der Waals surface area contributed by atoms with Gasteiger partial charge in [-0.3, -0.25) is 9.78 Å². The van der Waals surface area contributed by atoms with Gasteiger partial charge in [-0.2, -0.15) is 0 Å². The highest BCUT2D eigenvalue weighted by Crippen LogP contribution is 2.36. The van der Waals surface area contributed by atoms with Crippen molar-refractivity contribution in [2.24, 2.45) is 5.92 Å². The van der Waals surface area contributed by atoms with E-state index in [0.717, 1.165) is 36.0 Å². The molecule has 2 aromatic heterocycles. The lowest BCUT2D eigenvalue weighted by atomic mass is 9.82. The summed E-state index contributed by atoms with van der Waals surface area (Å²) in [5, 5.41) is 0. The molecule has 1 amide bonds. The monoisotopic (exact) mass is 431 g/mol. The van der Waals surface area contributed by atoms with E-state index in [1.807, 2.05) is 49.9 Å². The molecule has 0 unspecified atom stereocenters. The molecule has 2 saturated heterocycles. The van der Waals surface area contributed by atoms with E-state index in [9.17, 15) is 9.18 Å². The number of piperidine rings is 1. The molecule has 0 spiro atoms. The zero-order valence-corrected chi connectivity index (χ0v) is 18.5. The van der Waals surface area contributed by atoms with E-state index in [2.05, 4.69) is 19.9 Å². The summed E-state index contributed by atoms with van der Waals surface area (Å²) in [6.45, 7) is 8.00. The number of benzene rings is 1. The molecule has 2 fully saturated rings. The molecule has 7 heteroatoms. The number of likely N-dealkylation sites (tertiary alicyclic amines) is 1. The fraction of sp³-hybridized carbons (Fsp3) is 0.360. The normalized spacial score (nSPS) is 20.0. The van der Waals surface area contributed by atoms with Crippen LogP contribution in [0.2, 0.25) is 0 Å². The average molecular weight is 432 g/mol. The maximum absolute atomic E-state index is 14.2. The molecule has 0 aliphatic carbocycles. The summed E-state index contributed by atoms with van der Waals surface area (Å²) in [4.78, 5) is 31.3. The Morgan fingerprint density at radius 2 is 1.75 bits per heavy atom. The van der Waals surface area contributed by atoms with Crippen LogP contribution in [0.25, 0.3) is 11.3 Å². The third-order valence-corrected chi connectivity index (χ3v) is 6.44. The first-order valence-corrected chi connectivity index (χ1v) is 11.0. The lowest BCUT2D eigenvalue weighted by Gasteiger charge is -2.53. The fourth-order valence-electron chi connectivity index (χ4n) is 4.83. The van der Waals surface area contributed by atoms with Gasteiger partial charge in [0.1, 0.15) is 5.82 Å². The number of carbonyl (C=O) groups is 1. The van der Waals surface area contributed by atoms with Gasteiger partial charge in [0.15, 0.2) is 0 Å². The molecular weight excluding hydrogens is 405 g/mol. The minimum absolute atomic E-state index is 0.158. The van der Waals surface area contributed by atoms with Gasteiger partial charge < -0.3 is 9.80 Å². The number of aromatic nitrogens is 3. The van der Waals surface area contributed by atoms with Gasteiger partial charge in [-0.25, -0.2) is 14.4 Å². The number of hydrogen-bond donors (Lipinski definition) is 0. The number of carbonyl (C=O) groups excluding carboxylic acids is 1. The first-order valence-electron chi connectivity index (χ1n) is 11.0. The summed E-state index contributed by atoms with van der Waals surface area (Å²) in [5.41, 5.74) is 4.42. The topological polar surface area (TPSA) is 62.2 Å². The van der Waals surface area contributed by atoms with Crippen LogP contribution in [-0.4, -0.2) is 51.4 Å². The van der Waals surface area contributed by atoms with Crippen molar-refractivity contribution in [3.63, 3.8) is 0 Å². The first-order chi connectivity index (χ1) is 15.4. The van der Waals surface area contributed by atoms with Crippen LogP contribution in [0.3, 0.4) is 0 Å². The zero-order chi connectivity index (χ0) is 22.4. The molecule has 5 rings (SSSR count). The Kier molecular flexibility index (Phi) is 5.12. The van der Waals surface area contributed by atoms with Crippen molar-refractivity contribution in [2.45, 2.75) is 33.2 Å². The van der Waals surface area contributed by atoms with Crippen molar-refractivity contribution in [3.8, 4) is 11.3 Å². The SMILES string of the molecule is Cc1cccc(-c2ccc(F)cc2C(=O)N2CC[C@H]3CN(c4nc(C)cc(C)n4)[C@H]3C2)n1. The van der Waals surface area contributed by atoms with Crippen molar-refractivity contribution < 1.29 is 9.18 Å². The molecule has 2 atom stereocenters. The van der Waals surface area contributed by atoms with Crippen LogP contribution in [0, 0.1) is 32.5 Å². The number of aryl methyl sites for hydroxylation is 3. The van der Waals surface area contributed by atoms with Gasteiger partial charge in [-0.15, -0.1) is 0 Å². The van der Waals surface area contributed by atoms with E-state index in [0.29, 0.717) is 35.8 Å². The first kappa shape index (κ1) is 20.5. The van der Waals surface area contributed by atoms with Crippen molar-refractivity contribution in [1.82, 2.24) is 19.9 Å². The Balaban J connectivity index is 1.42. The molecule has 0 bridgehead atoms. The third-order valence-electron chi connectivity index (χ3n) is 6.44. The molecule has 0 saturated carbocycles. The van der Waals surface area contributed by atoms with Gasteiger partial charge in [-0.1, -0.05) is 6.07 Å². The molecule has 0 radical (unpaired) electrons. The lowest BCUT2D eigenvalue weighted by Crippen LogP contribution is -2.65. The van der Waals surface area contributed by atoms with Crippen LogP contribution >= 0.6 is 0 Å². The summed E-state index contributed by atoms with van der Waals surface area (Å²) in [5.74, 6) is 0.672. The Bertz CT molecular complexity index is 1180. The number of nitrogens with zero attached hydrogens (tertiary/aromatic N) is 5. The van der Waals surface area contributed by atoms with Gasteiger partial charge in [0, 0.05) is 48.2 Å². The van der Waals surface area contributed by atoms with E-state index >= 15 is 0 Å². The molecular formula is C25H26FN5O. The Morgan fingerprint density at radius 3 is 2.50 bits per heavy atom. The quantitative estimate of drug-likeness (QED) is 0.628. The molecule has 164 valence electrons. The number of amides is 1. The Labute approximate surface area is 187 Å².